The Bertz CT molecular complexity index is 1600. The van der Waals surface area contributed by atoms with E-state index in [0.717, 1.165) is 4.90 Å². The number of benzene rings is 4. The molecule has 0 aromatic heterocycles. The first-order valence-electron chi connectivity index (χ1n) is 12.8. The molecule has 7 nitrogen and oxygen atoms in total. The summed E-state index contributed by atoms with van der Waals surface area (Å²) in [7, 11) is 1.56. The fourth-order valence-corrected chi connectivity index (χ4v) is 4.91. The standard InChI is InChI=1S/C32H27BrFN3O4S/c1-20(30(38)36-28-17-10-23(33)19-27(28)34)42-26-15-11-24(12-16-26)35-32(40)29(18-21-8-13-25(41-2)14-9-21)37-31(39)22-6-4-3-5-7-22/h3-20H,1-2H3,(H,35,40)(H,36,38)(H,37,39)/b29-18-. The Hall–Kier alpha value is -4.41. The maximum Gasteiger partial charge on any atom is 0.272 e. The van der Waals surface area contributed by atoms with E-state index >= 15 is 0 Å². The molecule has 0 radical (unpaired) electrons. The minimum absolute atomic E-state index is 0.0536. The molecule has 0 saturated heterocycles. The Kier molecular flexibility index (Phi) is 10.5. The third-order valence-electron chi connectivity index (χ3n) is 5.94. The van der Waals surface area contributed by atoms with Gasteiger partial charge in [0.15, 0.2) is 0 Å². The average molecular weight is 649 g/mol. The molecule has 1 unspecified atom stereocenters. The summed E-state index contributed by atoms with van der Waals surface area (Å²) in [5.74, 6) is -1.15. The maximum atomic E-state index is 14.1. The predicted octanol–water partition coefficient (Wildman–Crippen LogP) is 7.13. The van der Waals surface area contributed by atoms with Crippen molar-refractivity contribution in [3.63, 3.8) is 0 Å². The highest BCUT2D eigenvalue weighted by molar-refractivity contribution is 9.10. The van der Waals surface area contributed by atoms with Crippen LogP contribution in [0.2, 0.25) is 0 Å². The number of carbonyl (C=O) groups is 3. The van der Waals surface area contributed by atoms with Gasteiger partial charge < -0.3 is 20.7 Å². The van der Waals surface area contributed by atoms with Gasteiger partial charge in [-0.3, -0.25) is 14.4 Å². The van der Waals surface area contributed by atoms with E-state index in [1.807, 2.05) is 0 Å². The van der Waals surface area contributed by atoms with Crippen molar-refractivity contribution in [1.29, 1.82) is 0 Å². The van der Waals surface area contributed by atoms with Gasteiger partial charge in [0.2, 0.25) is 5.91 Å². The van der Waals surface area contributed by atoms with E-state index < -0.39 is 22.9 Å². The van der Waals surface area contributed by atoms with Gasteiger partial charge in [-0.1, -0.05) is 46.3 Å². The number of nitrogens with one attached hydrogen (secondary N) is 3. The number of amides is 3. The van der Waals surface area contributed by atoms with Crippen molar-refractivity contribution in [2.24, 2.45) is 0 Å². The Labute approximate surface area is 255 Å². The van der Waals surface area contributed by atoms with E-state index in [1.165, 1.54) is 23.9 Å². The molecule has 0 aliphatic carbocycles. The first kappa shape index (κ1) is 30.5. The number of rotatable bonds is 10. The Morgan fingerprint density at radius 2 is 1.60 bits per heavy atom. The zero-order valence-electron chi connectivity index (χ0n) is 22.7. The van der Waals surface area contributed by atoms with E-state index in [1.54, 1.807) is 105 Å². The highest BCUT2D eigenvalue weighted by Gasteiger charge is 2.18. The molecule has 0 saturated carbocycles. The molecule has 4 aromatic rings. The number of ether oxygens (including phenoxy) is 1. The van der Waals surface area contributed by atoms with Gasteiger partial charge in [0.1, 0.15) is 17.3 Å². The van der Waals surface area contributed by atoms with Crippen LogP contribution in [-0.2, 0) is 9.59 Å². The molecule has 1 atom stereocenters. The van der Waals surface area contributed by atoms with Crippen LogP contribution >= 0.6 is 27.7 Å². The Morgan fingerprint density at radius 3 is 2.24 bits per heavy atom. The van der Waals surface area contributed by atoms with E-state index in [-0.39, 0.29) is 17.3 Å². The van der Waals surface area contributed by atoms with Crippen molar-refractivity contribution in [3.8, 4) is 5.75 Å². The number of hydrogen-bond acceptors (Lipinski definition) is 5. The fraction of sp³-hybridized carbons (Fsp3) is 0.0938. The lowest BCUT2D eigenvalue weighted by Crippen LogP contribution is -2.30. The first-order chi connectivity index (χ1) is 20.2. The molecule has 0 spiro atoms. The number of methoxy groups -OCH3 is 1. The van der Waals surface area contributed by atoms with Crippen molar-refractivity contribution < 1.29 is 23.5 Å². The SMILES string of the molecule is COc1ccc(/C=C(\NC(=O)c2ccccc2)C(=O)Nc2ccc(SC(C)C(=O)Nc3ccc(Br)cc3F)cc2)cc1. The normalized spacial score (nSPS) is 11.8. The number of hydrogen-bond donors (Lipinski definition) is 3. The molecule has 3 amide bonds. The van der Waals surface area contributed by atoms with Gasteiger partial charge in [0.05, 0.1) is 18.0 Å². The third-order valence-corrected chi connectivity index (χ3v) is 7.54. The summed E-state index contributed by atoms with van der Waals surface area (Å²) in [6.45, 7) is 1.72. The van der Waals surface area contributed by atoms with Crippen LogP contribution in [0.15, 0.2) is 112 Å². The molecule has 0 bridgehead atoms. The monoisotopic (exact) mass is 647 g/mol. The third kappa shape index (κ3) is 8.55. The molecule has 4 aromatic carbocycles. The van der Waals surface area contributed by atoms with Gasteiger partial charge in [-0.15, -0.1) is 11.8 Å². The quantitative estimate of drug-likeness (QED) is 0.126. The van der Waals surface area contributed by atoms with Crippen molar-refractivity contribution in [2.45, 2.75) is 17.1 Å². The zero-order valence-corrected chi connectivity index (χ0v) is 25.1. The molecule has 0 heterocycles. The summed E-state index contributed by atoms with van der Waals surface area (Å²) in [5.41, 5.74) is 1.75. The number of carbonyl (C=O) groups excluding carboxylic acids is 3. The molecule has 0 aliphatic heterocycles. The lowest BCUT2D eigenvalue weighted by atomic mass is 10.1. The Balaban J connectivity index is 1.43. The van der Waals surface area contributed by atoms with Crippen LogP contribution in [0.4, 0.5) is 15.8 Å². The Morgan fingerprint density at radius 1 is 0.905 bits per heavy atom. The van der Waals surface area contributed by atoms with Gasteiger partial charge >= 0.3 is 0 Å². The van der Waals surface area contributed by atoms with Crippen LogP contribution in [-0.4, -0.2) is 30.1 Å². The molecular formula is C32H27BrFN3O4S. The van der Waals surface area contributed by atoms with Crippen molar-refractivity contribution in [2.75, 3.05) is 17.7 Å². The van der Waals surface area contributed by atoms with Crippen molar-refractivity contribution in [3.05, 3.63) is 124 Å². The number of anilines is 2. The average Bonchev–Trinajstić information content (AvgIpc) is 2.99. The fourth-order valence-electron chi connectivity index (χ4n) is 3.71. The van der Waals surface area contributed by atoms with Gasteiger partial charge in [0, 0.05) is 20.6 Å². The van der Waals surface area contributed by atoms with Crippen LogP contribution < -0.4 is 20.7 Å². The second-order valence-electron chi connectivity index (χ2n) is 9.00. The van der Waals surface area contributed by atoms with E-state index in [0.29, 0.717) is 27.0 Å². The first-order valence-corrected chi connectivity index (χ1v) is 14.5. The van der Waals surface area contributed by atoms with Crippen LogP contribution in [0.3, 0.4) is 0 Å². The molecule has 0 fully saturated rings. The molecule has 0 aliphatic rings. The summed E-state index contributed by atoms with van der Waals surface area (Å²) in [4.78, 5) is 39.5. The largest absolute Gasteiger partial charge is 0.497 e. The van der Waals surface area contributed by atoms with Gasteiger partial charge in [-0.05, 0) is 85.3 Å². The smallest absolute Gasteiger partial charge is 0.272 e. The second kappa shape index (κ2) is 14.5. The van der Waals surface area contributed by atoms with E-state index in [9.17, 15) is 18.8 Å². The summed E-state index contributed by atoms with van der Waals surface area (Å²) >= 11 is 4.48. The number of halogens is 2. The minimum Gasteiger partial charge on any atom is -0.497 e. The highest BCUT2D eigenvalue weighted by Crippen LogP contribution is 2.27. The van der Waals surface area contributed by atoms with E-state index in [2.05, 4.69) is 31.9 Å². The van der Waals surface area contributed by atoms with Crippen molar-refractivity contribution >= 4 is 62.9 Å². The maximum absolute atomic E-state index is 14.1. The second-order valence-corrected chi connectivity index (χ2v) is 11.3. The molecule has 4 rings (SSSR count). The topological polar surface area (TPSA) is 96.5 Å². The summed E-state index contributed by atoms with van der Waals surface area (Å²) in [6.07, 6.45) is 1.58. The van der Waals surface area contributed by atoms with Crippen LogP contribution in [0.25, 0.3) is 6.08 Å². The molecule has 10 heteroatoms. The number of thioether (sulfide) groups is 1. The molecule has 42 heavy (non-hydrogen) atoms. The highest BCUT2D eigenvalue weighted by atomic mass is 79.9. The van der Waals surface area contributed by atoms with Crippen LogP contribution in [0, 0.1) is 5.82 Å². The van der Waals surface area contributed by atoms with Crippen LogP contribution in [0.5, 0.6) is 5.75 Å². The minimum atomic E-state index is -0.532. The van der Waals surface area contributed by atoms with Gasteiger partial charge in [-0.25, -0.2) is 4.39 Å². The molecular weight excluding hydrogens is 621 g/mol. The zero-order chi connectivity index (χ0) is 30.1. The lowest BCUT2D eigenvalue weighted by molar-refractivity contribution is -0.115. The predicted molar refractivity (Wildman–Crippen MR) is 168 cm³/mol. The lowest BCUT2D eigenvalue weighted by Gasteiger charge is -2.14. The van der Waals surface area contributed by atoms with Crippen molar-refractivity contribution in [1.82, 2.24) is 5.32 Å². The molecule has 214 valence electrons. The van der Waals surface area contributed by atoms with Gasteiger partial charge in [-0.2, -0.15) is 0 Å². The van der Waals surface area contributed by atoms with Crippen LogP contribution in [0.1, 0.15) is 22.8 Å². The van der Waals surface area contributed by atoms with E-state index in [4.69, 9.17) is 4.74 Å². The van der Waals surface area contributed by atoms with Gasteiger partial charge in [0.25, 0.3) is 11.8 Å². The molecule has 3 N–H and O–H groups in total. The summed E-state index contributed by atoms with van der Waals surface area (Å²) < 4.78 is 19.9. The summed E-state index contributed by atoms with van der Waals surface area (Å²) in [6, 6.07) is 27.0. The summed E-state index contributed by atoms with van der Waals surface area (Å²) in [5, 5.41) is 7.60.